The smallest absolute Gasteiger partial charge is 0.263 e. The van der Waals surface area contributed by atoms with Crippen LogP contribution in [-0.2, 0) is 15.8 Å². The van der Waals surface area contributed by atoms with E-state index in [1.807, 2.05) is 38.1 Å². The second-order valence-electron chi connectivity index (χ2n) is 6.96. The van der Waals surface area contributed by atoms with E-state index in [1.165, 1.54) is 18.2 Å². The first-order chi connectivity index (χ1) is 14.8. The number of aryl methyl sites for hydroxylation is 2. The molecule has 164 valence electrons. The highest BCUT2D eigenvalue weighted by atomic mass is 35.5. The summed E-state index contributed by atoms with van der Waals surface area (Å²) in [6.45, 7) is 4.13. The zero-order chi connectivity index (χ0) is 22.4. The fraction of sp³-hybridized carbons (Fsp3) is 0.227. The Balaban J connectivity index is 1.65. The molecule has 1 aromatic heterocycles. The van der Waals surface area contributed by atoms with Crippen LogP contribution in [0.15, 0.2) is 64.1 Å². The van der Waals surface area contributed by atoms with E-state index in [-0.39, 0.29) is 21.4 Å². The number of hydrogen-bond acceptors (Lipinski definition) is 5. The van der Waals surface area contributed by atoms with Gasteiger partial charge in [-0.3, -0.25) is 9.52 Å². The zero-order valence-corrected chi connectivity index (χ0v) is 19.5. The minimum Gasteiger partial charge on any atom is -0.468 e. The first-order valence-electron chi connectivity index (χ1n) is 9.54. The number of benzene rings is 2. The van der Waals surface area contributed by atoms with Gasteiger partial charge < -0.3 is 9.73 Å². The first-order valence-corrected chi connectivity index (χ1v) is 12.6. The SMILES string of the molecule is Cc1ccc(C)c(NS(=O)(=O)c2cc(C(=O)NCCSCc3ccco3)ccc2Cl)c1. The summed E-state index contributed by atoms with van der Waals surface area (Å²) >= 11 is 7.78. The molecule has 0 saturated heterocycles. The molecule has 2 N–H and O–H groups in total. The number of halogens is 1. The van der Waals surface area contributed by atoms with Crippen molar-refractivity contribution in [2.75, 3.05) is 17.0 Å². The second-order valence-corrected chi connectivity index (χ2v) is 10.1. The molecule has 1 amide bonds. The van der Waals surface area contributed by atoms with E-state index >= 15 is 0 Å². The van der Waals surface area contributed by atoms with Crippen LogP contribution >= 0.6 is 23.4 Å². The molecule has 1 heterocycles. The Hall–Kier alpha value is -2.42. The molecule has 0 unspecified atom stereocenters. The lowest BCUT2D eigenvalue weighted by atomic mass is 10.1. The topological polar surface area (TPSA) is 88.4 Å². The van der Waals surface area contributed by atoms with Crippen molar-refractivity contribution >= 4 is 45.0 Å². The highest BCUT2D eigenvalue weighted by molar-refractivity contribution is 7.98. The van der Waals surface area contributed by atoms with Gasteiger partial charge in [0.15, 0.2) is 0 Å². The number of thioether (sulfide) groups is 1. The second kappa shape index (κ2) is 10.3. The van der Waals surface area contributed by atoms with Crippen molar-refractivity contribution in [3.63, 3.8) is 0 Å². The summed E-state index contributed by atoms with van der Waals surface area (Å²) in [4.78, 5) is 12.3. The maximum absolute atomic E-state index is 12.9. The van der Waals surface area contributed by atoms with Crippen LogP contribution in [0, 0.1) is 13.8 Å². The molecular weight excluding hydrogens is 456 g/mol. The van der Waals surface area contributed by atoms with E-state index < -0.39 is 10.0 Å². The number of carbonyl (C=O) groups is 1. The quantitative estimate of drug-likeness (QED) is 0.422. The van der Waals surface area contributed by atoms with Crippen molar-refractivity contribution in [2.45, 2.75) is 24.5 Å². The summed E-state index contributed by atoms with van der Waals surface area (Å²) < 4.78 is 33.7. The third kappa shape index (κ3) is 6.29. The van der Waals surface area contributed by atoms with Gasteiger partial charge in [0.1, 0.15) is 10.7 Å². The van der Waals surface area contributed by atoms with E-state index in [0.29, 0.717) is 18.0 Å². The Morgan fingerprint density at radius 3 is 2.68 bits per heavy atom. The molecule has 0 fully saturated rings. The van der Waals surface area contributed by atoms with Crippen molar-refractivity contribution < 1.29 is 17.6 Å². The molecule has 0 spiro atoms. The first kappa shape index (κ1) is 23.2. The fourth-order valence-corrected chi connectivity index (χ4v) is 5.21. The van der Waals surface area contributed by atoms with Gasteiger partial charge in [0.25, 0.3) is 15.9 Å². The van der Waals surface area contributed by atoms with Gasteiger partial charge in [-0.25, -0.2) is 8.42 Å². The van der Waals surface area contributed by atoms with Crippen LogP contribution in [0.4, 0.5) is 5.69 Å². The van der Waals surface area contributed by atoms with Gasteiger partial charge in [-0.05, 0) is 61.4 Å². The summed E-state index contributed by atoms with van der Waals surface area (Å²) in [5, 5.41) is 2.84. The van der Waals surface area contributed by atoms with Gasteiger partial charge in [-0.1, -0.05) is 23.7 Å². The zero-order valence-electron chi connectivity index (χ0n) is 17.1. The molecule has 2 aromatic carbocycles. The molecule has 0 saturated carbocycles. The van der Waals surface area contributed by atoms with Crippen LogP contribution in [0.1, 0.15) is 27.2 Å². The van der Waals surface area contributed by atoms with Crippen LogP contribution in [0.25, 0.3) is 0 Å². The van der Waals surface area contributed by atoms with Crippen molar-refractivity contribution in [1.29, 1.82) is 0 Å². The number of rotatable bonds is 9. The van der Waals surface area contributed by atoms with Gasteiger partial charge >= 0.3 is 0 Å². The molecule has 0 aliphatic carbocycles. The van der Waals surface area contributed by atoms with Gasteiger partial charge in [-0.15, -0.1) is 0 Å². The van der Waals surface area contributed by atoms with E-state index in [1.54, 1.807) is 24.1 Å². The van der Waals surface area contributed by atoms with Crippen molar-refractivity contribution in [3.8, 4) is 0 Å². The number of amides is 1. The van der Waals surface area contributed by atoms with Crippen LogP contribution < -0.4 is 10.0 Å². The Bertz CT molecular complexity index is 1160. The van der Waals surface area contributed by atoms with Crippen LogP contribution in [0.3, 0.4) is 0 Å². The standard InChI is InChI=1S/C22H23ClN2O4S2/c1-15-5-6-16(2)20(12-15)25-31(27,28)21-13-17(7-8-19(21)23)22(26)24-9-11-30-14-18-4-3-10-29-18/h3-8,10,12-13,25H,9,11,14H2,1-2H3,(H,24,26). The van der Waals surface area contributed by atoms with E-state index in [9.17, 15) is 13.2 Å². The summed E-state index contributed by atoms with van der Waals surface area (Å²) in [5.74, 6) is 1.92. The minimum absolute atomic E-state index is 0.0448. The monoisotopic (exact) mass is 478 g/mol. The lowest BCUT2D eigenvalue weighted by molar-refractivity contribution is 0.0956. The number of hydrogen-bond donors (Lipinski definition) is 2. The summed E-state index contributed by atoms with van der Waals surface area (Å²) in [6, 6.07) is 13.4. The molecule has 0 aliphatic heterocycles. The molecule has 31 heavy (non-hydrogen) atoms. The average Bonchev–Trinajstić information content (AvgIpc) is 3.24. The summed E-state index contributed by atoms with van der Waals surface area (Å²) in [5.41, 5.74) is 2.40. The van der Waals surface area contributed by atoms with Crippen LogP contribution in [-0.4, -0.2) is 26.6 Å². The minimum atomic E-state index is -3.97. The normalized spacial score (nSPS) is 11.3. The predicted octanol–water partition coefficient (Wildman–Crippen LogP) is 5.01. The number of sulfonamides is 1. The van der Waals surface area contributed by atoms with Crippen molar-refractivity contribution in [1.82, 2.24) is 5.32 Å². The molecule has 0 radical (unpaired) electrons. The summed E-state index contributed by atoms with van der Waals surface area (Å²) in [6.07, 6.45) is 1.62. The maximum Gasteiger partial charge on any atom is 0.263 e. The van der Waals surface area contributed by atoms with E-state index in [0.717, 1.165) is 22.6 Å². The van der Waals surface area contributed by atoms with Crippen LogP contribution in [0.2, 0.25) is 5.02 Å². The van der Waals surface area contributed by atoms with E-state index in [2.05, 4.69) is 10.0 Å². The van der Waals surface area contributed by atoms with Gasteiger partial charge in [0.2, 0.25) is 0 Å². The Morgan fingerprint density at radius 1 is 1.13 bits per heavy atom. The Morgan fingerprint density at radius 2 is 1.94 bits per heavy atom. The molecule has 6 nitrogen and oxygen atoms in total. The third-order valence-corrected chi connectivity index (χ3v) is 7.31. The van der Waals surface area contributed by atoms with Crippen molar-refractivity contribution in [3.05, 3.63) is 82.3 Å². The molecule has 3 rings (SSSR count). The predicted molar refractivity (Wildman–Crippen MR) is 125 cm³/mol. The van der Waals surface area contributed by atoms with Crippen molar-refractivity contribution in [2.24, 2.45) is 0 Å². The molecule has 3 aromatic rings. The number of nitrogens with one attached hydrogen (secondary N) is 2. The third-order valence-electron chi connectivity index (χ3n) is 4.48. The molecular formula is C22H23ClN2O4S2. The number of furan rings is 1. The summed E-state index contributed by atoms with van der Waals surface area (Å²) in [7, 11) is -3.97. The molecule has 0 bridgehead atoms. The average molecular weight is 479 g/mol. The van der Waals surface area contributed by atoms with Gasteiger partial charge in [0.05, 0.1) is 22.7 Å². The highest BCUT2D eigenvalue weighted by Crippen LogP contribution is 2.27. The van der Waals surface area contributed by atoms with Crippen LogP contribution in [0.5, 0.6) is 0 Å². The van der Waals surface area contributed by atoms with Gasteiger partial charge in [-0.2, -0.15) is 11.8 Å². The van der Waals surface area contributed by atoms with Gasteiger partial charge in [0, 0.05) is 17.9 Å². The lowest BCUT2D eigenvalue weighted by Gasteiger charge is -2.13. The number of carbonyl (C=O) groups excluding carboxylic acids is 1. The molecule has 0 aliphatic rings. The molecule has 9 heteroatoms. The molecule has 0 atom stereocenters. The lowest BCUT2D eigenvalue weighted by Crippen LogP contribution is -2.26. The van der Waals surface area contributed by atoms with E-state index in [4.69, 9.17) is 16.0 Å². The number of anilines is 1. The maximum atomic E-state index is 12.9. The Kier molecular flexibility index (Phi) is 7.69. The fourth-order valence-electron chi connectivity index (χ4n) is 2.80. The highest BCUT2D eigenvalue weighted by Gasteiger charge is 2.21. The largest absolute Gasteiger partial charge is 0.468 e. The Labute approximate surface area is 191 Å².